The van der Waals surface area contributed by atoms with Gasteiger partial charge in [-0.15, -0.1) is 0 Å². The molecule has 36 heavy (non-hydrogen) atoms. The molecular weight excluding hydrogens is 456 g/mol. The molecule has 0 radical (unpaired) electrons. The number of carbonyl (C=O) groups is 1. The molecule has 5 aliphatic carbocycles. The molecule has 0 aromatic heterocycles. The van der Waals surface area contributed by atoms with Gasteiger partial charge >= 0.3 is 5.97 Å². The van der Waals surface area contributed by atoms with Crippen LogP contribution in [-0.4, -0.2) is 56.4 Å². The van der Waals surface area contributed by atoms with Gasteiger partial charge in [0, 0.05) is 11.3 Å². The lowest BCUT2D eigenvalue weighted by molar-refractivity contribution is -0.273. The van der Waals surface area contributed by atoms with Gasteiger partial charge in [-0.3, -0.25) is 4.79 Å². The van der Waals surface area contributed by atoms with Crippen LogP contribution in [0.4, 0.5) is 0 Å². The molecule has 6 heteroatoms. The lowest BCUT2D eigenvalue weighted by Gasteiger charge is -2.72. The molecule has 0 aromatic rings. The van der Waals surface area contributed by atoms with E-state index in [1.165, 1.54) is 5.57 Å². The molecule has 5 aliphatic rings. The van der Waals surface area contributed by atoms with Crippen LogP contribution < -0.4 is 0 Å². The summed E-state index contributed by atoms with van der Waals surface area (Å²) in [5.74, 6) is -0.0914. The number of fused-ring (bicyclic) bond motifs is 7. The number of aliphatic carboxylic acids is 1. The Morgan fingerprint density at radius 2 is 1.67 bits per heavy atom. The van der Waals surface area contributed by atoms with Gasteiger partial charge in [0.1, 0.15) is 0 Å². The van der Waals surface area contributed by atoms with Crippen LogP contribution in [-0.2, 0) is 4.79 Å². The third-order valence-corrected chi connectivity index (χ3v) is 13.4. The van der Waals surface area contributed by atoms with Gasteiger partial charge in [0.25, 0.3) is 0 Å². The van der Waals surface area contributed by atoms with Crippen molar-refractivity contribution >= 4 is 5.97 Å². The van der Waals surface area contributed by atoms with Crippen molar-refractivity contribution in [2.24, 2.45) is 56.7 Å². The van der Waals surface area contributed by atoms with Gasteiger partial charge in [-0.25, -0.2) is 0 Å². The highest BCUT2D eigenvalue weighted by molar-refractivity contribution is 5.76. The molecule has 0 aromatic carbocycles. The zero-order valence-corrected chi connectivity index (χ0v) is 23.0. The quantitative estimate of drug-likeness (QED) is 0.363. The maximum atomic E-state index is 12.8. The molecule has 4 fully saturated rings. The van der Waals surface area contributed by atoms with E-state index in [0.717, 1.165) is 25.7 Å². The minimum atomic E-state index is -1.08. The van der Waals surface area contributed by atoms with E-state index in [2.05, 4.69) is 40.7 Å². The number of aliphatic hydroxyl groups excluding tert-OH is 4. The van der Waals surface area contributed by atoms with Crippen LogP contribution >= 0.6 is 0 Å². The van der Waals surface area contributed by atoms with E-state index in [1.54, 1.807) is 0 Å². The summed E-state index contributed by atoms with van der Waals surface area (Å²) in [5, 5.41) is 54.7. The van der Waals surface area contributed by atoms with Crippen LogP contribution in [0.15, 0.2) is 11.6 Å². The lowest BCUT2D eigenvalue weighted by atomic mass is 9.32. The summed E-state index contributed by atoms with van der Waals surface area (Å²) < 4.78 is 0. The maximum absolute atomic E-state index is 12.8. The molecule has 0 saturated heterocycles. The van der Waals surface area contributed by atoms with Gasteiger partial charge in [0.05, 0.1) is 30.3 Å². The molecule has 4 saturated carbocycles. The Morgan fingerprint density at radius 1 is 1.00 bits per heavy atom. The Hall–Kier alpha value is -0.950. The Bertz CT molecular complexity index is 963. The molecule has 13 atom stereocenters. The summed E-state index contributed by atoms with van der Waals surface area (Å²) >= 11 is 0. The lowest BCUT2D eigenvalue weighted by Crippen LogP contribution is -2.71. The molecule has 6 nitrogen and oxygen atoms in total. The summed E-state index contributed by atoms with van der Waals surface area (Å²) in [5.41, 5.74) is -1.41. The van der Waals surface area contributed by atoms with E-state index >= 15 is 0 Å². The molecule has 0 unspecified atom stereocenters. The largest absolute Gasteiger partial charge is 0.481 e. The van der Waals surface area contributed by atoms with Crippen LogP contribution in [0.3, 0.4) is 0 Å². The maximum Gasteiger partial charge on any atom is 0.310 e. The van der Waals surface area contributed by atoms with Crippen LogP contribution in [0, 0.1) is 56.7 Å². The van der Waals surface area contributed by atoms with Crippen LogP contribution in [0.25, 0.3) is 0 Å². The third-order valence-electron chi connectivity index (χ3n) is 13.4. The smallest absolute Gasteiger partial charge is 0.310 e. The number of aliphatic hydroxyl groups is 4. The molecular formula is C30H48O6. The van der Waals surface area contributed by atoms with Crippen molar-refractivity contribution in [3.63, 3.8) is 0 Å². The monoisotopic (exact) mass is 504 g/mol. The number of carboxylic acids is 1. The molecule has 0 bridgehead atoms. The van der Waals surface area contributed by atoms with Gasteiger partial charge in [-0.2, -0.15) is 0 Å². The van der Waals surface area contributed by atoms with Crippen molar-refractivity contribution in [3.05, 3.63) is 11.6 Å². The summed E-state index contributed by atoms with van der Waals surface area (Å²) in [4.78, 5) is 12.8. The van der Waals surface area contributed by atoms with E-state index in [1.807, 2.05) is 6.92 Å². The van der Waals surface area contributed by atoms with E-state index in [9.17, 15) is 30.3 Å². The van der Waals surface area contributed by atoms with Crippen molar-refractivity contribution in [3.8, 4) is 0 Å². The molecule has 5 N–H and O–H groups in total. The SMILES string of the molecule is C[C@@H]1[C@@H](C)CC[C@@]2(C(=O)O)CC[C@@]3(C)C(=CC[C@H]4[C@]5(C)C[C@H](O)[C@@H](O)[C@](C)(CO)[C@H]5[C@@H](O)C[C@@]43C)[C@@H]12. The molecule has 0 heterocycles. The van der Waals surface area contributed by atoms with E-state index in [0.29, 0.717) is 25.2 Å². The predicted molar refractivity (Wildman–Crippen MR) is 137 cm³/mol. The molecule has 0 spiro atoms. The van der Waals surface area contributed by atoms with Crippen molar-refractivity contribution in [2.75, 3.05) is 6.61 Å². The van der Waals surface area contributed by atoms with Gasteiger partial charge in [-0.1, -0.05) is 53.2 Å². The topological polar surface area (TPSA) is 118 Å². The molecule has 0 aliphatic heterocycles. The zero-order valence-electron chi connectivity index (χ0n) is 23.0. The number of hydrogen-bond donors (Lipinski definition) is 5. The van der Waals surface area contributed by atoms with Crippen molar-refractivity contribution in [2.45, 2.75) is 105 Å². The first-order chi connectivity index (χ1) is 16.6. The number of carboxylic acid groups (broad SMARTS) is 1. The third kappa shape index (κ3) is 2.96. The molecule has 204 valence electrons. The Labute approximate surface area is 216 Å². The second-order valence-electron chi connectivity index (χ2n) is 14.6. The predicted octanol–water partition coefficient (Wildman–Crippen LogP) is 4.00. The van der Waals surface area contributed by atoms with Crippen molar-refractivity contribution < 1.29 is 30.3 Å². The minimum Gasteiger partial charge on any atom is -0.481 e. The van der Waals surface area contributed by atoms with Crippen LogP contribution in [0.5, 0.6) is 0 Å². The van der Waals surface area contributed by atoms with E-state index in [-0.39, 0.29) is 41.1 Å². The second-order valence-corrected chi connectivity index (χ2v) is 14.6. The Kier molecular flexibility index (Phi) is 5.95. The molecule has 0 amide bonds. The van der Waals surface area contributed by atoms with Gasteiger partial charge in [0.2, 0.25) is 0 Å². The fraction of sp³-hybridized carbons (Fsp3) is 0.900. The normalized spacial score (nSPS) is 58.6. The average Bonchev–Trinajstić information content (AvgIpc) is 2.80. The summed E-state index contributed by atoms with van der Waals surface area (Å²) in [6.45, 7) is 12.8. The first-order valence-corrected chi connectivity index (χ1v) is 14.2. The second kappa shape index (κ2) is 8.03. The fourth-order valence-electron chi connectivity index (χ4n) is 11.2. The van der Waals surface area contributed by atoms with Gasteiger partial charge in [0.15, 0.2) is 0 Å². The Balaban J connectivity index is 1.65. The van der Waals surface area contributed by atoms with Gasteiger partial charge < -0.3 is 25.5 Å². The van der Waals surface area contributed by atoms with E-state index < -0.39 is 40.5 Å². The summed E-state index contributed by atoms with van der Waals surface area (Å²) in [6, 6.07) is 0. The van der Waals surface area contributed by atoms with Crippen LogP contribution in [0.1, 0.15) is 86.5 Å². The van der Waals surface area contributed by atoms with Gasteiger partial charge in [-0.05, 0) is 84.9 Å². The highest BCUT2D eigenvalue weighted by atomic mass is 16.4. The van der Waals surface area contributed by atoms with Crippen molar-refractivity contribution in [1.82, 2.24) is 0 Å². The highest BCUT2D eigenvalue weighted by Crippen LogP contribution is 2.75. The average molecular weight is 505 g/mol. The Morgan fingerprint density at radius 3 is 2.28 bits per heavy atom. The van der Waals surface area contributed by atoms with E-state index in [4.69, 9.17) is 0 Å². The molecule has 5 rings (SSSR count). The number of hydrogen-bond acceptors (Lipinski definition) is 5. The number of rotatable bonds is 2. The first kappa shape index (κ1) is 26.6. The zero-order chi connectivity index (χ0) is 26.6. The van der Waals surface area contributed by atoms with Crippen LogP contribution in [0.2, 0.25) is 0 Å². The fourth-order valence-corrected chi connectivity index (χ4v) is 11.2. The standard InChI is InChI=1S/C30H48O6/c1-16-9-10-30(25(35)36)12-11-28(5)18(22(30)17(16)2)7-8-21-26(3)13-20(33)24(34)27(4,15-31)23(26)19(32)14-29(21,28)6/h7,16-17,19-24,31-34H,8-15H2,1-6H3,(H,35,36)/t16-,17+,19-,20-,21-,22+,23-,24+,26-,27+,28-,29-,30+/m0/s1. The highest BCUT2D eigenvalue weighted by Gasteiger charge is 2.72. The minimum absolute atomic E-state index is 0.000534. The van der Waals surface area contributed by atoms with Crippen molar-refractivity contribution in [1.29, 1.82) is 0 Å². The summed E-state index contributed by atoms with van der Waals surface area (Å²) in [6.07, 6.45) is 4.44. The number of allylic oxidation sites excluding steroid dienone is 2. The first-order valence-electron chi connectivity index (χ1n) is 14.2. The summed E-state index contributed by atoms with van der Waals surface area (Å²) in [7, 11) is 0.